The van der Waals surface area contributed by atoms with Gasteiger partial charge in [-0.3, -0.25) is 4.98 Å². The number of aromatic nitrogens is 1. The maximum atomic E-state index is 6.42. The molecule has 1 heterocycles. The molecule has 1 aromatic heterocycles. The molecule has 1 aliphatic carbocycles. The summed E-state index contributed by atoms with van der Waals surface area (Å²) in [6, 6.07) is 12.7. The van der Waals surface area contributed by atoms with Crippen LogP contribution in [0.4, 0.5) is 0 Å². The maximum absolute atomic E-state index is 6.42. The molecule has 0 aliphatic heterocycles. The van der Waals surface area contributed by atoms with Crippen LogP contribution in [0.15, 0.2) is 47.1 Å². The molecule has 2 nitrogen and oxygen atoms in total. The molecular formula is C16H17BrN2. The number of pyridine rings is 1. The molecule has 1 aromatic carbocycles. The van der Waals surface area contributed by atoms with Crippen molar-refractivity contribution in [3.05, 3.63) is 63.9 Å². The van der Waals surface area contributed by atoms with E-state index in [1.165, 1.54) is 16.8 Å². The Morgan fingerprint density at radius 1 is 1.32 bits per heavy atom. The third kappa shape index (κ3) is 2.72. The van der Waals surface area contributed by atoms with E-state index in [9.17, 15) is 0 Å². The summed E-state index contributed by atoms with van der Waals surface area (Å²) in [6.45, 7) is 0. The second-order valence-electron chi connectivity index (χ2n) is 5.19. The first-order valence-electron chi connectivity index (χ1n) is 6.68. The fourth-order valence-corrected chi connectivity index (χ4v) is 3.39. The molecule has 2 unspecified atom stereocenters. The number of rotatable bonds is 3. The predicted octanol–water partition coefficient (Wildman–Crippen LogP) is 3.44. The number of hydrogen-bond acceptors (Lipinski definition) is 2. The van der Waals surface area contributed by atoms with Crippen molar-refractivity contribution in [3.8, 4) is 0 Å². The van der Waals surface area contributed by atoms with E-state index < -0.39 is 0 Å². The predicted molar refractivity (Wildman–Crippen MR) is 81.1 cm³/mol. The summed E-state index contributed by atoms with van der Waals surface area (Å²) in [5, 5.41) is 0. The average Bonchev–Trinajstić information content (AvgIpc) is 2.82. The Morgan fingerprint density at radius 2 is 2.21 bits per heavy atom. The van der Waals surface area contributed by atoms with Crippen LogP contribution in [0.1, 0.15) is 29.2 Å². The van der Waals surface area contributed by atoms with Crippen LogP contribution in [0.2, 0.25) is 0 Å². The minimum Gasteiger partial charge on any atom is -0.327 e. The van der Waals surface area contributed by atoms with Gasteiger partial charge in [-0.05, 0) is 48.6 Å². The van der Waals surface area contributed by atoms with Gasteiger partial charge in [-0.25, -0.2) is 0 Å². The van der Waals surface area contributed by atoms with Crippen LogP contribution in [0.5, 0.6) is 0 Å². The number of nitrogens with two attached hydrogens (primary N) is 1. The van der Waals surface area contributed by atoms with Crippen molar-refractivity contribution in [2.75, 3.05) is 0 Å². The van der Waals surface area contributed by atoms with E-state index in [0.717, 1.165) is 23.7 Å². The lowest BCUT2D eigenvalue weighted by Gasteiger charge is -2.19. The molecule has 2 N–H and O–H groups in total. The highest BCUT2D eigenvalue weighted by Crippen LogP contribution is 2.34. The molecule has 3 heteroatoms. The highest BCUT2D eigenvalue weighted by atomic mass is 79.9. The van der Waals surface area contributed by atoms with Gasteiger partial charge in [0.15, 0.2) is 0 Å². The quantitative estimate of drug-likeness (QED) is 0.942. The molecule has 0 bridgehead atoms. The number of halogens is 1. The summed E-state index contributed by atoms with van der Waals surface area (Å²) >= 11 is 3.51. The van der Waals surface area contributed by atoms with Crippen LogP contribution < -0.4 is 5.73 Å². The lowest BCUT2D eigenvalue weighted by molar-refractivity contribution is 0.517. The zero-order chi connectivity index (χ0) is 13.2. The van der Waals surface area contributed by atoms with Crippen LogP contribution in [0.3, 0.4) is 0 Å². The molecule has 0 spiro atoms. The van der Waals surface area contributed by atoms with Crippen molar-refractivity contribution in [1.29, 1.82) is 0 Å². The minimum absolute atomic E-state index is 0.144. The number of fused-ring (bicyclic) bond motifs is 1. The summed E-state index contributed by atoms with van der Waals surface area (Å²) in [6.07, 6.45) is 5.02. The van der Waals surface area contributed by atoms with Gasteiger partial charge < -0.3 is 5.73 Å². The molecule has 0 saturated heterocycles. The van der Waals surface area contributed by atoms with Crippen LogP contribution in [0, 0.1) is 0 Å². The van der Waals surface area contributed by atoms with Gasteiger partial charge in [0.05, 0.1) is 0 Å². The zero-order valence-electron chi connectivity index (χ0n) is 10.7. The molecule has 1 aliphatic rings. The van der Waals surface area contributed by atoms with E-state index in [1.54, 1.807) is 0 Å². The first-order valence-corrected chi connectivity index (χ1v) is 7.47. The second-order valence-corrected chi connectivity index (χ2v) is 6.11. The Kier molecular flexibility index (Phi) is 3.67. The molecule has 0 saturated carbocycles. The van der Waals surface area contributed by atoms with Gasteiger partial charge in [-0.1, -0.05) is 34.1 Å². The Balaban J connectivity index is 1.77. The molecule has 98 valence electrons. The van der Waals surface area contributed by atoms with Crippen molar-refractivity contribution in [2.45, 2.75) is 31.2 Å². The van der Waals surface area contributed by atoms with Gasteiger partial charge in [-0.15, -0.1) is 0 Å². The van der Waals surface area contributed by atoms with Crippen molar-refractivity contribution >= 4 is 15.9 Å². The normalized spacial score (nSPS) is 19.2. The Hall–Kier alpha value is -1.19. The minimum atomic E-state index is 0.144. The Labute approximate surface area is 122 Å². The van der Waals surface area contributed by atoms with Crippen molar-refractivity contribution in [1.82, 2.24) is 4.98 Å². The van der Waals surface area contributed by atoms with Crippen LogP contribution >= 0.6 is 15.9 Å². The summed E-state index contributed by atoms with van der Waals surface area (Å²) in [4.78, 5) is 4.53. The molecule has 19 heavy (non-hydrogen) atoms. The molecule has 0 amide bonds. The number of aryl methyl sites for hydroxylation is 1. The van der Waals surface area contributed by atoms with E-state index in [2.05, 4.69) is 45.2 Å². The average molecular weight is 317 g/mol. The summed E-state index contributed by atoms with van der Waals surface area (Å²) in [5.41, 5.74) is 10.3. The summed E-state index contributed by atoms with van der Waals surface area (Å²) < 4.78 is 1.11. The summed E-state index contributed by atoms with van der Waals surface area (Å²) in [5.74, 6) is 0.398. The lowest BCUT2D eigenvalue weighted by atomic mass is 9.92. The number of hydrogen-bond donors (Lipinski definition) is 1. The van der Waals surface area contributed by atoms with Gasteiger partial charge in [0.1, 0.15) is 0 Å². The molecule has 0 fully saturated rings. The highest BCUT2D eigenvalue weighted by Gasteiger charge is 2.28. The third-order valence-corrected chi connectivity index (χ3v) is 4.37. The Morgan fingerprint density at radius 3 is 3.05 bits per heavy atom. The smallest absolute Gasteiger partial charge is 0.0482 e. The maximum Gasteiger partial charge on any atom is 0.0482 e. The third-order valence-electron chi connectivity index (χ3n) is 3.88. The van der Waals surface area contributed by atoms with Gasteiger partial charge in [0.25, 0.3) is 0 Å². The van der Waals surface area contributed by atoms with Gasteiger partial charge in [0, 0.05) is 28.3 Å². The number of benzene rings is 1. The van der Waals surface area contributed by atoms with Gasteiger partial charge >= 0.3 is 0 Å². The van der Waals surface area contributed by atoms with Crippen LogP contribution in [0.25, 0.3) is 0 Å². The lowest BCUT2D eigenvalue weighted by Crippen LogP contribution is -2.30. The fourth-order valence-electron chi connectivity index (χ4n) is 2.94. The van der Waals surface area contributed by atoms with Crippen molar-refractivity contribution < 1.29 is 0 Å². The molecule has 3 rings (SSSR count). The van der Waals surface area contributed by atoms with Crippen molar-refractivity contribution in [2.24, 2.45) is 5.73 Å². The molecule has 2 aromatic rings. The summed E-state index contributed by atoms with van der Waals surface area (Å²) in [7, 11) is 0. The van der Waals surface area contributed by atoms with E-state index in [-0.39, 0.29) is 6.04 Å². The second kappa shape index (κ2) is 5.43. The van der Waals surface area contributed by atoms with E-state index in [0.29, 0.717) is 5.92 Å². The molecule has 2 atom stereocenters. The SMILES string of the molecule is NC(Cc1cccc(Br)c1)C1CCc2cccnc21. The highest BCUT2D eigenvalue weighted by molar-refractivity contribution is 9.10. The van der Waals surface area contributed by atoms with Gasteiger partial charge in [0.2, 0.25) is 0 Å². The van der Waals surface area contributed by atoms with E-state index >= 15 is 0 Å². The molecule has 0 radical (unpaired) electrons. The van der Waals surface area contributed by atoms with E-state index in [1.807, 2.05) is 18.3 Å². The Bertz CT molecular complexity index is 582. The van der Waals surface area contributed by atoms with E-state index in [4.69, 9.17) is 5.73 Å². The van der Waals surface area contributed by atoms with Crippen LogP contribution in [-0.2, 0) is 12.8 Å². The van der Waals surface area contributed by atoms with Gasteiger partial charge in [-0.2, -0.15) is 0 Å². The first-order chi connectivity index (χ1) is 9.24. The number of nitrogens with zero attached hydrogens (tertiary/aromatic N) is 1. The zero-order valence-corrected chi connectivity index (χ0v) is 12.3. The monoisotopic (exact) mass is 316 g/mol. The largest absolute Gasteiger partial charge is 0.327 e. The standard InChI is InChI=1S/C16H17BrN2/c17-13-5-1-3-11(9-13)10-15(18)14-7-6-12-4-2-8-19-16(12)14/h1-5,8-9,14-15H,6-7,10,18H2. The molecular weight excluding hydrogens is 300 g/mol. The van der Waals surface area contributed by atoms with Crippen LogP contribution in [-0.4, -0.2) is 11.0 Å². The first kappa shape index (κ1) is 12.8. The van der Waals surface area contributed by atoms with Crippen molar-refractivity contribution in [3.63, 3.8) is 0 Å². The fraction of sp³-hybridized carbons (Fsp3) is 0.312. The topological polar surface area (TPSA) is 38.9 Å².